The van der Waals surface area contributed by atoms with Gasteiger partial charge in [-0.25, -0.2) is 0 Å². The molecule has 0 spiro atoms. The molecule has 0 saturated carbocycles. The molecule has 0 aliphatic rings. The van der Waals surface area contributed by atoms with Gasteiger partial charge in [0.2, 0.25) is 0 Å². The van der Waals surface area contributed by atoms with Crippen molar-refractivity contribution in [3.05, 3.63) is 0 Å². The van der Waals surface area contributed by atoms with E-state index >= 15 is 0 Å². The highest BCUT2D eigenvalue weighted by Gasteiger charge is 2.14. The molecule has 0 heterocycles. The zero-order valence-corrected chi connectivity index (χ0v) is 32.0. The van der Waals surface area contributed by atoms with Crippen molar-refractivity contribution in [1.82, 2.24) is 0 Å². The number of carbonyl (C=O) groups is 3. The summed E-state index contributed by atoms with van der Waals surface area (Å²) in [6.07, 6.45) is 34.4. The summed E-state index contributed by atoms with van der Waals surface area (Å²) in [6.45, 7) is 9.60. The lowest BCUT2D eigenvalue weighted by atomic mass is 10.0. The Morgan fingerprint density at radius 2 is 0.809 bits per heavy atom. The van der Waals surface area contributed by atoms with E-state index < -0.39 is 0 Å². The first kappa shape index (κ1) is 45.6. The van der Waals surface area contributed by atoms with Gasteiger partial charge < -0.3 is 9.47 Å². The number of hydrogen-bond acceptors (Lipinski definition) is 5. The average Bonchev–Trinajstić information content (AvgIpc) is 3.04. The molecule has 5 nitrogen and oxygen atoms in total. The van der Waals surface area contributed by atoms with Crippen LogP contribution in [-0.4, -0.2) is 30.4 Å². The predicted octanol–water partition coefficient (Wildman–Crippen LogP) is 13.2. The summed E-state index contributed by atoms with van der Waals surface area (Å²) < 4.78 is 11.3. The van der Waals surface area contributed by atoms with E-state index in [4.69, 9.17) is 9.47 Å². The van der Waals surface area contributed by atoms with Gasteiger partial charge in [-0.15, -0.1) is 0 Å². The molecule has 0 bridgehead atoms. The number of esters is 2. The fraction of sp³-hybridized carbons (Fsp3) is 0.929. The van der Waals surface area contributed by atoms with E-state index in [1.54, 1.807) is 0 Å². The lowest BCUT2D eigenvalue weighted by Crippen LogP contribution is -2.18. The first-order valence-corrected chi connectivity index (χ1v) is 20.8. The van der Waals surface area contributed by atoms with Crippen LogP contribution in [-0.2, 0) is 23.9 Å². The lowest BCUT2D eigenvalue weighted by molar-refractivity contribution is -0.150. The molecule has 0 unspecified atom stereocenters. The van der Waals surface area contributed by atoms with Crippen LogP contribution in [0.25, 0.3) is 0 Å². The molecule has 5 heteroatoms. The van der Waals surface area contributed by atoms with Gasteiger partial charge in [-0.1, -0.05) is 150 Å². The summed E-state index contributed by atoms with van der Waals surface area (Å²) in [5, 5.41) is 0. The van der Waals surface area contributed by atoms with Crippen molar-refractivity contribution >= 4 is 17.7 Å². The second-order valence-corrected chi connectivity index (χ2v) is 14.8. The van der Waals surface area contributed by atoms with Gasteiger partial charge in [0.05, 0.1) is 6.61 Å². The van der Waals surface area contributed by atoms with Gasteiger partial charge in [0.15, 0.2) is 0 Å². The Hall–Kier alpha value is -1.39. The Bertz CT molecular complexity index is 687. The molecule has 0 saturated heterocycles. The highest BCUT2D eigenvalue weighted by molar-refractivity contribution is 5.78. The largest absolute Gasteiger partial charge is 0.466 e. The Balaban J connectivity index is 3.80. The normalized spacial score (nSPS) is 11.4. The second-order valence-electron chi connectivity index (χ2n) is 14.8. The highest BCUT2D eigenvalue weighted by atomic mass is 16.5. The van der Waals surface area contributed by atoms with Crippen molar-refractivity contribution in [3.63, 3.8) is 0 Å². The van der Waals surface area contributed by atoms with E-state index in [1.165, 1.54) is 103 Å². The molecule has 0 N–H and O–H groups in total. The van der Waals surface area contributed by atoms with Crippen LogP contribution in [0.15, 0.2) is 0 Å². The number of Topliss-reactive ketones (excluding diaryl/α,β-unsaturated/α-hetero) is 1. The van der Waals surface area contributed by atoms with Crippen LogP contribution in [0.5, 0.6) is 0 Å². The van der Waals surface area contributed by atoms with E-state index in [9.17, 15) is 14.4 Å². The van der Waals surface area contributed by atoms with Gasteiger partial charge in [-0.3, -0.25) is 14.4 Å². The van der Waals surface area contributed by atoms with Gasteiger partial charge in [0.1, 0.15) is 11.9 Å². The fourth-order valence-corrected chi connectivity index (χ4v) is 6.27. The topological polar surface area (TPSA) is 69.7 Å². The van der Waals surface area contributed by atoms with Gasteiger partial charge in [-0.05, 0) is 63.7 Å². The van der Waals surface area contributed by atoms with E-state index in [1.807, 2.05) is 0 Å². The van der Waals surface area contributed by atoms with Crippen LogP contribution in [0.3, 0.4) is 0 Å². The second kappa shape index (κ2) is 35.9. The molecule has 278 valence electrons. The molecule has 0 fully saturated rings. The summed E-state index contributed by atoms with van der Waals surface area (Å²) in [4.78, 5) is 36.8. The molecule has 0 aliphatic carbocycles. The monoisotopic (exact) mass is 665 g/mol. The number of hydrogen-bond donors (Lipinski definition) is 0. The zero-order valence-electron chi connectivity index (χ0n) is 32.0. The number of ketones is 1. The Morgan fingerprint density at radius 1 is 0.426 bits per heavy atom. The molecule has 0 aromatic heterocycles. The maximum absolute atomic E-state index is 12.6. The lowest BCUT2D eigenvalue weighted by Gasteiger charge is -2.18. The Kier molecular flexibility index (Phi) is 34.8. The predicted molar refractivity (Wildman–Crippen MR) is 200 cm³/mol. The summed E-state index contributed by atoms with van der Waals surface area (Å²) >= 11 is 0. The minimum atomic E-state index is -0.0738. The van der Waals surface area contributed by atoms with Crippen LogP contribution in [0, 0.1) is 5.92 Å². The van der Waals surface area contributed by atoms with Gasteiger partial charge in [-0.2, -0.15) is 0 Å². The summed E-state index contributed by atoms with van der Waals surface area (Å²) in [5.74, 6) is 1.04. The third kappa shape index (κ3) is 35.7. The Morgan fingerprint density at radius 3 is 1.30 bits per heavy atom. The van der Waals surface area contributed by atoms with Crippen LogP contribution in [0.4, 0.5) is 0 Å². The molecule has 0 aliphatic heterocycles. The highest BCUT2D eigenvalue weighted by Crippen LogP contribution is 2.19. The van der Waals surface area contributed by atoms with E-state index in [0.717, 1.165) is 83.0 Å². The first-order chi connectivity index (χ1) is 22.9. The summed E-state index contributed by atoms with van der Waals surface area (Å²) in [5.41, 5.74) is 0. The minimum absolute atomic E-state index is 0.0285. The molecule has 47 heavy (non-hydrogen) atoms. The van der Waals surface area contributed by atoms with Crippen molar-refractivity contribution < 1.29 is 23.9 Å². The number of rotatable bonds is 37. The molecule has 0 rings (SSSR count). The molecule has 0 radical (unpaired) electrons. The summed E-state index contributed by atoms with van der Waals surface area (Å²) in [7, 11) is 0. The van der Waals surface area contributed by atoms with Gasteiger partial charge >= 0.3 is 11.9 Å². The molecular formula is C42H80O5. The van der Waals surface area contributed by atoms with Crippen LogP contribution in [0.2, 0.25) is 0 Å². The van der Waals surface area contributed by atoms with Crippen molar-refractivity contribution in [2.24, 2.45) is 5.92 Å². The summed E-state index contributed by atoms with van der Waals surface area (Å²) in [6, 6.07) is 0. The molecular weight excluding hydrogens is 584 g/mol. The molecule has 0 amide bonds. The van der Waals surface area contributed by atoms with E-state index in [2.05, 4.69) is 27.7 Å². The van der Waals surface area contributed by atoms with E-state index in [-0.39, 0.29) is 18.0 Å². The molecule has 0 aromatic rings. The maximum atomic E-state index is 12.6. The minimum Gasteiger partial charge on any atom is -0.466 e. The number of ether oxygens (including phenoxy) is 2. The average molecular weight is 665 g/mol. The molecule has 0 aromatic carbocycles. The van der Waals surface area contributed by atoms with Gasteiger partial charge in [0.25, 0.3) is 0 Å². The maximum Gasteiger partial charge on any atom is 0.306 e. The van der Waals surface area contributed by atoms with Crippen LogP contribution in [0.1, 0.15) is 233 Å². The quantitative estimate of drug-likeness (QED) is 0.0488. The molecule has 0 atom stereocenters. The number of unbranched alkanes of at least 4 members (excludes halogenated alkanes) is 20. The standard InChI is InChI=1S/C42H80O5/c1-5-7-9-11-15-25-33-40(34-26-16-12-10-8-6-2)47-42(45)36-28-20-18-24-32-39(43)31-23-17-19-27-35-41(44)46-37-29-21-13-14-22-30-38(3)4/h38,40H,5-37H2,1-4H3. The third-order valence-corrected chi connectivity index (χ3v) is 9.42. The SMILES string of the molecule is CCCCCCCCC(CCCCCCCC)OC(=O)CCCCCCC(=O)CCCCCCC(=O)OCCCCCCCC(C)C. The van der Waals surface area contributed by atoms with Crippen LogP contribution < -0.4 is 0 Å². The van der Waals surface area contributed by atoms with Crippen LogP contribution >= 0.6 is 0 Å². The van der Waals surface area contributed by atoms with Crippen molar-refractivity contribution in [1.29, 1.82) is 0 Å². The fourth-order valence-electron chi connectivity index (χ4n) is 6.27. The zero-order chi connectivity index (χ0) is 34.6. The Labute approximate surface area is 292 Å². The van der Waals surface area contributed by atoms with Crippen molar-refractivity contribution in [2.75, 3.05) is 6.61 Å². The third-order valence-electron chi connectivity index (χ3n) is 9.42. The van der Waals surface area contributed by atoms with Crippen molar-refractivity contribution in [3.8, 4) is 0 Å². The smallest absolute Gasteiger partial charge is 0.306 e. The first-order valence-electron chi connectivity index (χ1n) is 20.8. The van der Waals surface area contributed by atoms with Gasteiger partial charge in [0, 0.05) is 25.7 Å². The van der Waals surface area contributed by atoms with E-state index in [0.29, 0.717) is 38.1 Å². The van der Waals surface area contributed by atoms with Crippen molar-refractivity contribution in [2.45, 2.75) is 239 Å². The number of carbonyl (C=O) groups excluding carboxylic acids is 3.